The number of hydrogen-bond acceptors (Lipinski definition) is 3. The molecule has 2 aromatic carbocycles. The SMILES string of the molecule is CCCCCCCOc1ccc(NC(=O)C(C)Oc2ccc(C)cc2)cc1. The molecule has 146 valence electrons. The zero-order valence-electron chi connectivity index (χ0n) is 16.7. The molecule has 1 atom stereocenters. The Kier molecular flexibility index (Phi) is 8.69. The van der Waals surface area contributed by atoms with Crippen molar-refractivity contribution in [1.29, 1.82) is 0 Å². The number of unbranched alkanes of at least 4 members (excludes halogenated alkanes) is 4. The smallest absolute Gasteiger partial charge is 0.265 e. The molecule has 0 bridgehead atoms. The van der Waals surface area contributed by atoms with Crippen LogP contribution in [0.5, 0.6) is 11.5 Å². The minimum absolute atomic E-state index is 0.180. The second-order valence-electron chi connectivity index (χ2n) is 6.85. The molecule has 2 aromatic rings. The summed E-state index contributed by atoms with van der Waals surface area (Å²) < 4.78 is 11.4. The third-order valence-electron chi connectivity index (χ3n) is 4.34. The Bertz CT molecular complexity index is 680. The standard InChI is InChI=1S/C23H31NO3/c1-4-5-6-7-8-17-26-21-15-11-20(12-16-21)24-23(25)19(3)27-22-13-9-18(2)10-14-22/h9-16,19H,4-8,17H2,1-3H3,(H,24,25). The summed E-state index contributed by atoms with van der Waals surface area (Å²) in [7, 11) is 0. The van der Waals surface area contributed by atoms with Crippen LogP contribution in [0.4, 0.5) is 5.69 Å². The van der Waals surface area contributed by atoms with Crippen LogP contribution < -0.4 is 14.8 Å². The molecule has 1 N–H and O–H groups in total. The van der Waals surface area contributed by atoms with E-state index in [0.29, 0.717) is 5.75 Å². The topological polar surface area (TPSA) is 47.6 Å². The first-order chi connectivity index (χ1) is 13.1. The van der Waals surface area contributed by atoms with E-state index in [0.717, 1.165) is 30.0 Å². The number of hydrogen-bond donors (Lipinski definition) is 1. The van der Waals surface area contributed by atoms with Crippen LogP contribution in [0.15, 0.2) is 48.5 Å². The predicted molar refractivity (Wildman–Crippen MR) is 111 cm³/mol. The number of carbonyl (C=O) groups is 1. The molecule has 0 saturated heterocycles. The number of anilines is 1. The Hall–Kier alpha value is -2.49. The summed E-state index contributed by atoms with van der Waals surface area (Å²) in [6.07, 6.45) is 5.52. The molecule has 0 heterocycles. The summed E-state index contributed by atoms with van der Waals surface area (Å²) in [5.74, 6) is 1.33. The Morgan fingerprint density at radius 1 is 0.926 bits per heavy atom. The molecule has 0 saturated carbocycles. The van der Waals surface area contributed by atoms with Crippen LogP contribution in [0.25, 0.3) is 0 Å². The van der Waals surface area contributed by atoms with E-state index >= 15 is 0 Å². The lowest BCUT2D eigenvalue weighted by Crippen LogP contribution is -2.30. The summed E-state index contributed by atoms with van der Waals surface area (Å²) in [5, 5.41) is 2.87. The third kappa shape index (κ3) is 7.73. The van der Waals surface area contributed by atoms with Crippen molar-refractivity contribution in [2.45, 2.75) is 59.0 Å². The Morgan fingerprint density at radius 2 is 1.56 bits per heavy atom. The van der Waals surface area contributed by atoms with Gasteiger partial charge in [-0.05, 0) is 56.7 Å². The summed E-state index contributed by atoms with van der Waals surface area (Å²) in [4.78, 5) is 12.3. The molecular formula is C23H31NO3. The van der Waals surface area contributed by atoms with Crippen molar-refractivity contribution in [1.82, 2.24) is 0 Å². The summed E-state index contributed by atoms with van der Waals surface area (Å²) >= 11 is 0. The minimum atomic E-state index is -0.577. The highest BCUT2D eigenvalue weighted by Gasteiger charge is 2.14. The third-order valence-corrected chi connectivity index (χ3v) is 4.34. The highest BCUT2D eigenvalue weighted by molar-refractivity contribution is 5.94. The minimum Gasteiger partial charge on any atom is -0.494 e. The Labute approximate surface area is 162 Å². The quantitative estimate of drug-likeness (QED) is 0.513. The predicted octanol–water partition coefficient (Wildman–Crippen LogP) is 5.75. The fourth-order valence-electron chi connectivity index (χ4n) is 2.65. The van der Waals surface area contributed by atoms with Crippen molar-refractivity contribution in [2.24, 2.45) is 0 Å². The van der Waals surface area contributed by atoms with Gasteiger partial charge in [-0.3, -0.25) is 4.79 Å². The van der Waals surface area contributed by atoms with E-state index in [1.807, 2.05) is 55.5 Å². The molecule has 0 aliphatic rings. The number of nitrogens with one attached hydrogen (secondary N) is 1. The summed E-state index contributed by atoms with van der Waals surface area (Å²) in [5.41, 5.74) is 1.89. The molecule has 4 nitrogen and oxygen atoms in total. The summed E-state index contributed by atoms with van der Waals surface area (Å²) in [6, 6.07) is 15.1. The molecule has 0 radical (unpaired) electrons. The molecular weight excluding hydrogens is 338 g/mol. The largest absolute Gasteiger partial charge is 0.494 e. The first-order valence-electron chi connectivity index (χ1n) is 9.85. The first kappa shape index (κ1) is 20.8. The summed E-state index contributed by atoms with van der Waals surface area (Å²) in [6.45, 7) is 6.70. The molecule has 0 aliphatic carbocycles. The molecule has 0 spiro atoms. The van der Waals surface area contributed by atoms with E-state index in [1.165, 1.54) is 25.7 Å². The maximum Gasteiger partial charge on any atom is 0.265 e. The monoisotopic (exact) mass is 369 g/mol. The van der Waals surface area contributed by atoms with Gasteiger partial charge in [0.15, 0.2) is 6.10 Å². The molecule has 2 rings (SSSR count). The van der Waals surface area contributed by atoms with E-state index in [-0.39, 0.29) is 5.91 Å². The van der Waals surface area contributed by atoms with Crippen LogP contribution in [-0.2, 0) is 4.79 Å². The van der Waals surface area contributed by atoms with Crippen molar-refractivity contribution in [3.63, 3.8) is 0 Å². The van der Waals surface area contributed by atoms with Crippen molar-refractivity contribution in [3.8, 4) is 11.5 Å². The van der Waals surface area contributed by atoms with Gasteiger partial charge < -0.3 is 14.8 Å². The van der Waals surface area contributed by atoms with Gasteiger partial charge in [0, 0.05) is 5.69 Å². The Balaban J connectivity index is 1.74. The number of aryl methyl sites for hydroxylation is 1. The zero-order chi connectivity index (χ0) is 19.5. The van der Waals surface area contributed by atoms with Crippen LogP contribution in [0.2, 0.25) is 0 Å². The van der Waals surface area contributed by atoms with E-state index in [1.54, 1.807) is 6.92 Å². The maximum atomic E-state index is 12.3. The number of ether oxygens (including phenoxy) is 2. The molecule has 1 amide bonds. The number of benzene rings is 2. The number of rotatable bonds is 11. The van der Waals surface area contributed by atoms with Gasteiger partial charge >= 0.3 is 0 Å². The zero-order valence-corrected chi connectivity index (χ0v) is 16.7. The molecule has 4 heteroatoms. The van der Waals surface area contributed by atoms with E-state index in [2.05, 4.69) is 12.2 Å². The van der Waals surface area contributed by atoms with E-state index in [9.17, 15) is 4.79 Å². The van der Waals surface area contributed by atoms with Crippen LogP contribution in [0, 0.1) is 6.92 Å². The highest BCUT2D eigenvalue weighted by Crippen LogP contribution is 2.18. The van der Waals surface area contributed by atoms with Gasteiger partial charge in [0.2, 0.25) is 0 Å². The second-order valence-corrected chi connectivity index (χ2v) is 6.85. The Morgan fingerprint density at radius 3 is 2.22 bits per heavy atom. The average molecular weight is 370 g/mol. The molecule has 0 aliphatic heterocycles. The fourth-order valence-corrected chi connectivity index (χ4v) is 2.65. The molecule has 0 aromatic heterocycles. The van der Waals surface area contributed by atoms with Crippen LogP contribution in [0.1, 0.15) is 51.5 Å². The average Bonchev–Trinajstić information content (AvgIpc) is 2.67. The van der Waals surface area contributed by atoms with Crippen molar-refractivity contribution in [2.75, 3.05) is 11.9 Å². The lowest BCUT2D eigenvalue weighted by molar-refractivity contribution is -0.122. The van der Waals surface area contributed by atoms with Gasteiger partial charge in [0.05, 0.1) is 6.61 Å². The van der Waals surface area contributed by atoms with Gasteiger partial charge in [-0.15, -0.1) is 0 Å². The van der Waals surface area contributed by atoms with Gasteiger partial charge in [-0.2, -0.15) is 0 Å². The highest BCUT2D eigenvalue weighted by atomic mass is 16.5. The first-order valence-corrected chi connectivity index (χ1v) is 9.85. The van der Waals surface area contributed by atoms with Gasteiger partial charge in [-0.1, -0.05) is 50.3 Å². The van der Waals surface area contributed by atoms with Gasteiger partial charge in [0.1, 0.15) is 11.5 Å². The maximum absolute atomic E-state index is 12.3. The normalized spacial score (nSPS) is 11.7. The van der Waals surface area contributed by atoms with E-state index < -0.39 is 6.10 Å². The second kappa shape index (κ2) is 11.3. The van der Waals surface area contributed by atoms with E-state index in [4.69, 9.17) is 9.47 Å². The number of amides is 1. The molecule has 1 unspecified atom stereocenters. The van der Waals surface area contributed by atoms with Crippen molar-refractivity contribution in [3.05, 3.63) is 54.1 Å². The van der Waals surface area contributed by atoms with Crippen molar-refractivity contribution < 1.29 is 14.3 Å². The molecule has 27 heavy (non-hydrogen) atoms. The lowest BCUT2D eigenvalue weighted by Gasteiger charge is -2.15. The lowest BCUT2D eigenvalue weighted by atomic mass is 10.2. The van der Waals surface area contributed by atoms with Gasteiger partial charge in [0.25, 0.3) is 5.91 Å². The van der Waals surface area contributed by atoms with Crippen molar-refractivity contribution >= 4 is 11.6 Å². The van der Waals surface area contributed by atoms with Crippen LogP contribution >= 0.6 is 0 Å². The van der Waals surface area contributed by atoms with Crippen LogP contribution in [0.3, 0.4) is 0 Å². The van der Waals surface area contributed by atoms with Gasteiger partial charge in [-0.25, -0.2) is 0 Å². The van der Waals surface area contributed by atoms with Crippen LogP contribution in [-0.4, -0.2) is 18.6 Å². The molecule has 0 fully saturated rings. The fraction of sp³-hybridized carbons (Fsp3) is 0.435. The number of carbonyl (C=O) groups excluding carboxylic acids is 1.